The van der Waals surface area contributed by atoms with Crippen molar-refractivity contribution >= 4 is 41.3 Å². The molecule has 1 aliphatic heterocycles. The Hall–Kier alpha value is -1.43. The monoisotopic (exact) mass is 548 g/mol. The molecule has 9 heteroatoms. The lowest BCUT2D eigenvalue weighted by Gasteiger charge is -2.34. The Morgan fingerprint density at radius 2 is 1.93 bits per heavy atom. The summed E-state index contributed by atoms with van der Waals surface area (Å²) in [4.78, 5) is 8.08. The van der Waals surface area contributed by atoms with E-state index in [1.54, 1.807) is 36.6 Å². The Bertz CT molecular complexity index is 772. The van der Waals surface area contributed by atoms with Gasteiger partial charge in [0.1, 0.15) is 6.10 Å². The van der Waals surface area contributed by atoms with Crippen LogP contribution in [0.15, 0.2) is 46.8 Å². The van der Waals surface area contributed by atoms with E-state index in [1.807, 2.05) is 6.92 Å². The molecule has 1 aliphatic rings. The zero-order valence-electron chi connectivity index (χ0n) is 17.3. The third kappa shape index (κ3) is 7.36. The number of morpholine rings is 1. The molecule has 0 saturated carbocycles. The lowest BCUT2D eigenvalue weighted by molar-refractivity contribution is 0.0177. The van der Waals surface area contributed by atoms with Crippen LogP contribution >= 0.6 is 35.3 Å². The minimum Gasteiger partial charge on any atom is -0.486 e. The van der Waals surface area contributed by atoms with Gasteiger partial charge in [0.2, 0.25) is 0 Å². The van der Waals surface area contributed by atoms with E-state index >= 15 is 0 Å². The van der Waals surface area contributed by atoms with Crippen molar-refractivity contribution in [2.75, 3.05) is 46.4 Å². The second kappa shape index (κ2) is 13.1. The van der Waals surface area contributed by atoms with Gasteiger partial charge in [0, 0.05) is 31.6 Å². The topological polar surface area (TPSA) is 58.1 Å². The highest BCUT2D eigenvalue weighted by Crippen LogP contribution is 2.25. The maximum atomic E-state index is 13.7. The highest BCUT2D eigenvalue weighted by molar-refractivity contribution is 14.0. The number of guanidine groups is 1. The summed E-state index contributed by atoms with van der Waals surface area (Å²) in [6.07, 6.45) is -0.210. The van der Waals surface area contributed by atoms with Crippen molar-refractivity contribution in [3.8, 4) is 5.75 Å². The van der Waals surface area contributed by atoms with Gasteiger partial charge in [0.05, 0.1) is 25.8 Å². The SMILES string of the molecule is CN=C(NCC(C)Oc1ccccc1F)NCC(c1cccs1)N1CCOCC1.I. The molecule has 2 atom stereocenters. The molecule has 1 fully saturated rings. The van der Waals surface area contributed by atoms with Crippen LogP contribution in [-0.2, 0) is 4.74 Å². The minimum absolute atomic E-state index is 0. The standard InChI is InChI=1S/C21H29FN4O2S.HI/c1-16(28-19-7-4-3-6-17(19)22)14-24-21(23-2)25-15-18(20-8-5-13-29-20)26-9-11-27-12-10-26;/h3-8,13,16,18H,9-12,14-15H2,1-2H3,(H2,23,24,25);1H. The number of rotatable bonds is 8. The van der Waals surface area contributed by atoms with Gasteiger partial charge in [-0.1, -0.05) is 18.2 Å². The summed E-state index contributed by atoms with van der Waals surface area (Å²) < 4.78 is 24.9. The maximum Gasteiger partial charge on any atom is 0.191 e. The van der Waals surface area contributed by atoms with Crippen molar-refractivity contribution in [3.05, 3.63) is 52.5 Å². The Morgan fingerprint density at radius 1 is 1.20 bits per heavy atom. The van der Waals surface area contributed by atoms with Crippen molar-refractivity contribution in [3.63, 3.8) is 0 Å². The van der Waals surface area contributed by atoms with Gasteiger partial charge in [0.15, 0.2) is 17.5 Å². The number of aliphatic imine (C=N–C) groups is 1. The highest BCUT2D eigenvalue weighted by atomic mass is 127. The first kappa shape index (κ1) is 24.8. The van der Waals surface area contributed by atoms with Gasteiger partial charge in [-0.3, -0.25) is 9.89 Å². The second-order valence-corrected chi connectivity index (χ2v) is 7.85. The molecule has 0 aliphatic carbocycles. The van der Waals surface area contributed by atoms with Crippen LogP contribution in [0.3, 0.4) is 0 Å². The van der Waals surface area contributed by atoms with E-state index in [0.29, 0.717) is 12.5 Å². The minimum atomic E-state index is -0.355. The Labute approximate surface area is 198 Å². The Balaban J connectivity index is 0.00000320. The van der Waals surface area contributed by atoms with Crippen molar-refractivity contribution < 1.29 is 13.9 Å². The average molecular weight is 548 g/mol. The van der Waals surface area contributed by atoms with Crippen LogP contribution in [0, 0.1) is 5.82 Å². The second-order valence-electron chi connectivity index (χ2n) is 6.87. The van der Waals surface area contributed by atoms with Gasteiger partial charge in [-0.05, 0) is 30.5 Å². The van der Waals surface area contributed by atoms with Crippen LogP contribution in [0.4, 0.5) is 4.39 Å². The summed E-state index contributed by atoms with van der Waals surface area (Å²) in [6.45, 7) is 6.51. The summed E-state index contributed by atoms with van der Waals surface area (Å²) in [5.74, 6) is 0.602. The fraction of sp³-hybridized carbons (Fsp3) is 0.476. The molecular formula is C21H30FIN4O2S. The molecular weight excluding hydrogens is 518 g/mol. The van der Waals surface area contributed by atoms with Crippen molar-refractivity contribution in [2.45, 2.75) is 19.1 Å². The molecule has 30 heavy (non-hydrogen) atoms. The first-order chi connectivity index (χ1) is 14.2. The Kier molecular flexibility index (Phi) is 10.8. The molecule has 2 N–H and O–H groups in total. The molecule has 3 rings (SSSR count). The largest absolute Gasteiger partial charge is 0.486 e. The van der Waals surface area contributed by atoms with E-state index in [0.717, 1.165) is 32.8 Å². The van der Waals surface area contributed by atoms with Crippen molar-refractivity contribution in [2.24, 2.45) is 4.99 Å². The summed E-state index contributed by atoms with van der Waals surface area (Å²) in [5.41, 5.74) is 0. The average Bonchev–Trinajstić information content (AvgIpc) is 3.27. The number of ether oxygens (including phenoxy) is 2. The third-order valence-corrected chi connectivity index (χ3v) is 5.74. The van der Waals surface area contributed by atoms with E-state index in [1.165, 1.54) is 10.9 Å². The molecule has 0 spiro atoms. The molecule has 1 saturated heterocycles. The molecule has 166 valence electrons. The van der Waals surface area contributed by atoms with Gasteiger partial charge in [-0.15, -0.1) is 35.3 Å². The number of hydrogen-bond donors (Lipinski definition) is 2. The number of benzene rings is 1. The van der Waals surface area contributed by atoms with Gasteiger partial charge >= 0.3 is 0 Å². The fourth-order valence-corrected chi connectivity index (χ4v) is 4.09. The van der Waals surface area contributed by atoms with Gasteiger partial charge in [-0.2, -0.15) is 0 Å². The van der Waals surface area contributed by atoms with Crippen LogP contribution in [0.5, 0.6) is 5.75 Å². The van der Waals surface area contributed by atoms with E-state index in [9.17, 15) is 4.39 Å². The molecule has 0 bridgehead atoms. The van der Waals surface area contributed by atoms with E-state index in [-0.39, 0.29) is 47.7 Å². The number of hydrogen-bond acceptors (Lipinski definition) is 5. The van der Waals surface area contributed by atoms with E-state index in [2.05, 4.69) is 38.0 Å². The molecule has 0 amide bonds. The number of nitrogens with one attached hydrogen (secondary N) is 2. The van der Waals surface area contributed by atoms with Gasteiger partial charge in [0.25, 0.3) is 0 Å². The molecule has 1 aromatic carbocycles. The van der Waals surface area contributed by atoms with Crippen LogP contribution < -0.4 is 15.4 Å². The summed E-state index contributed by atoms with van der Waals surface area (Å²) in [5, 5.41) is 8.79. The molecule has 6 nitrogen and oxygen atoms in total. The Morgan fingerprint density at radius 3 is 2.60 bits per heavy atom. The molecule has 0 radical (unpaired) electrons. The van der Waals surface area contributed by atoms with Crippen LogP contribution in [-0.4, -0.2) is 63.4 Å². The van der Waals surface area contributed by atoms with Gasteiger partial charge in [-0.25, -0.2) is 4.39 Å². The van der Waals surface area contributed by atoms with E-state index < -0.39 is 0 Å². The lowest BCUT2D eigenvalue weighted by atomic mass is 10.2. The third-order valence-electron chi connectivity index (χ3n) is 4.77. The first-order valence-corrected chi connectivity index (χ1v) is 10.8. The number of halogens is 2. The lowest BCUT2D eigenvalue weighted by Crippen LogP contribution is -2.47. The van der Waals surface area contributed by atoms with Crippen molar-refractivity contribution in [1.82, 2.24) is 15.5 Å². The first-order valence-electron chi connectivity index (χ1n) is 9.88. The van der Waals surface area contributed by atoms with Crippen LogP contribution in [0.25, 0.3) is 0 Å². The zero-order valence-corrected chi connectivity index (χ0v) is 20.5. The van der Waals surface area contributed by atoms with E-state index in [4.69, 9.17) is 9.47 Å². The number of nitrogens with zero attached hydrogens (tertiary/aromatic N) is 2. The number of thiophene rings is 1. The maximum absolute atomic E-state index is 13.7. The molecule has 2 heterocycles. The fourth-order valence-electron chi connectivity index (χ4n) is 3.23. The predicted molar refractivity (Wildman–Crippen MR) is 131 cm³/mol. The normalized spacial score (nSPS) is 17.0. The van der Waals surface area contributed by atoms with Gasteiger partial charge < -0.3 is 20.1 Å². The quantitative estimate of drug-likeness (QED) is 0.301. The molecule has 2 aromatic rings. The van der Waals surface area contributed by atoms with Crippen molar-refractivity contribution in [1.29, 1.82) is 0 Å². The van der Waals surface area contributed by atoms with Crippen LogP contribution in [0.2, 0.25) is 0 Å². The summed E-state index contributed by atoms with van der Waals surface area (Å²) in [6, 6.07) is 11.0. The molecule has 1 aromatic heterocycles. The predicted octanol–water partition coefficient (Wildman–Crippen LogP) is 3.51. The van der Waals surface area contributed by atoms with Crippen LogP contribution in [0.1, 0.15) is 17.8 Å². The smallest absolute Gasteiger partial charge is 0.191 e. The highest BCUT2D eigenvalue weighted by Gasteiger charge is 2.23. The number of para-hydroxylation sites is 1. The summed E-state index contributed by atoms with van der Waals surface area (Å²) in [7, 11) is 1.74. The zero-order chi connectivity index (χ0) is 20.5. The summed E-state index contributed by atoms with van der Waals surface area (Å²) >= 11 is 1.77. The molecule has 2 unspecified atom stereocenters.